The molecule has 0 radical (unpaired) electrons. The molecule has 2 aromatic carbocycles. The van der Waals surface area contributed by atoms with Crippen molar-refractivity contribution in [2.45, 2.75) is 6.92 Å². The van der Waals surface area contributed by atoms with Crippen LogP contribution < -0.4 is 10.1 Å². The number of ether oxygens (including phenoxy) is 1. The molecule has 0 atom stereocenters. The number of aromatic nitrogens is 2. The molecule has 0 bridgehead atoms. The Morgan fingerprint density at radius 2 is 2.00 bits per heavy atom. The summed E-state index contributed by atoms with van der Waals surface area (Å²) in [5.41, 5.74) is 3.02. The van der Waals surface area contributed by atoms with E-state index in [-0.39, 0.29) is 5.56 Å². The predicted molar refractivity (Wildman–Crippen MR) is 116 cm³/mol. The van der Waals surface area contributed by atoms with E-state index in [0.29, 0.717) is 47.0 Å². The second kappa shape index (κ2) is 8.02. The number of halogens is 2. The summed E-state index contributed by atoms with van der Waals surface area (Å²) in [4.78, 5) is 13.6. The average molecular weight is 406 g/mol. The van der Waals surface area contributed by atoms with Crippen LogP contribution in [0.4, 0.5) is 14.6 Å². The van der Waals surface area contributed by atoms with Gasteiger partial charge >= 0.3 is 0 Å². The van der Waals surface area contributed by atoms with Crippen LogP contribution >= 0.6 is 0 Å². The summed E-state index contributed by atoms with van der Waals surface area (Å²) in [6.07, 6.45) is 3.62. The number of anilines is 1. The van der Waals surface area contributed by atoms with Crippen molar-refractivity contribution in [3.8, 4) is 16.9 Å². The highest BCUT2D eigenvalue weighted by Crippen LogP contribution is 2.36. The first-order chi connectivity index (χ1) is 14.5. The van der Waals surface area contributed by atoms with Crippen LogP contribution in [-0.2, 0) is 0 Å². The van der Waals surface area contributed by atoms with Gasteiger partial charge in [0.2, 0.25) is 0 Å². The maximum absolute atomic E-state index is 14.4. The lowest BCUT2D eigenvalue weighted by Crippen LogP contribution is -2.06. The zero-order valence-corrected chi connectivity index (χ0v) is 16.7. The van der Waals surface area contributed by atoms with Gasteiger partial charge in [0, 0.05) is 35.9 Å². The number of nitrogens with zero attached hydrogens (tertiary/aromatic N) is 3. The van der Waals surface area contributed by atoms with Crippen molar-refractivity contribution in [2.24, 2.45) is 4.99 Å². The highest BCUT2D eigenvalue weighted by atomic mass is 19.1. The minimum atomic E-state index is -0.651. The molecule has 4 rings (SSSR count). The van der Waals surface area contributed by atoms with E-state index in [0.717, 1.165) is 17.2 Å². The minimum Gasteiger partial charge on any atom is -0.492 e. The van der Waals surface area contributed by atoms with Gasteiger partial charge in [0.15, 0.2) is 5.82 Å². The largest absolute Gasteiger partial charge is 0.492 e. The molecule has 0 aliphatic carbocycles. The van der Waals surface area contributed by atoms with Crippen molar-refractivity contribution in [3.63, 3.8) is 0 Å². The predicted octanol–water partition coefficient (Wildman–Crippen LogP) is 5.04. The number of hydrogen-bond donors (Lipinski definition) is 1. The van der Waals surface area contributed by atoms with Gasteiger partial charge in [0.25, 0.3) is 0 Å². The number of nitrogens with one attached hydrogen (secondary N) is 1. The fraction of sp³-hybridized carbons (Fsp3) is 0.174. The fourth-order valence-corrected chi connectivity index (χ4v) is 3.35. The van der Waals surface area contributed by atoms with Gasteiger partial charge in [0.05, 0.1) is 13.2 Å². The number of dihydropyridines is 1. The molecule has 0 fully saturated rings. The number of aliphatic imine (C=N–C) groups is 1. The van der Waals surface area contributed by atoms with Gasteiger partial charge in [-0.15, -0.1) is 0 Å². The zero-order valence-electron chi connectivity index (χ0n) is 16.7. The fourth-order valence-electron chi connectivity index (χ4n) is 3.35. The molecule has 1 aliphatic heterocycles. The molecular weight excluding hydrogens is 386 g/mol. The molecule has 0 unspecified atom stereocenters. The number of allylic oxidation sites excluding steroid dienone is 1. The van der Waals surface area contributed by atoms with Crippen molar-refractivity contribution < 1.29 is 13.5 Å². The summed E-state index contributed by atoms with van der Waals surface area (Å²) >= 11 is 0. The normalized spacial score (nSPS) is 13.5. The van der Waals surface area contributed by atoms with Gasteiger partial charge in [-0.1, -0.05) is 6.58 Å². The van der Waals surface area contributed by atoms with Crippen molar-refractivity contribution in [1.29, 1.82) is 0 Å². The minimum absolute atomic E-state index is 0.267. The number of rotatable bonds is 5. The lowest BCUT2D eigenvalue weighted by atomic mass is 10.0. The van der Waals surface area contributed by atoms with Crippen molar-refractivity contribution in [3.05, 3.63) is 66.0 Å². The van der Waals surface area contributed by atoms with Crippen LogP contribution in [0.15, 0.2) is 53.6 Å². The Morgan fingerprint density at radius 1 is 1.17 bits per heavy atom. The maximum Gasteiger partial charge on any atom is 0.163 e. The monoisotopic (exact) mass is 406 g/mol. The number of benzene rings is 2. The summed E-state index contributed by atoms with van der Waals surface area (Å²) in [5.74, 6) is 0.252. The van der Waals surface area contributed by atoms with Crippen LogP contribution in [0.3, 0.4) is 0 Å². The van der Waals surface area contributed by atoms with Gasteiger partial charge in [-0.05, 0) is 48.4 Å². The molecule has 0 saturated carbocycles. The Morgan fingerprint density at radius 3 is 2.70 bits per heavy atom. The topological polar surface area (TPSA) is 59.4 Å². The SMILES string of the molecule is C=C1C=C(c2nc(NC)c3cc(-c4ccc(F)cc4F)cc(OCC)c3n2)C=NC1. The molecule has 1 aliphatic rings. The Balaban J connectivity index is 1.96. The van der Waals surface area contributed by atoms with Crippen LogP contribution in [0.5, 0.6) is 5.75 Å². The molecule has 7 heteroatoms. The molecule has 3 aromatic rings. The van der Waals surface area contributed by atoms with Crippen LogP contribution in [0.2, 0.25) is 0 Å². The third kappa shape index (κ3) is 3.66. The lowest BCUT2D eigenvalue weighted by Gasteiger charge is -2.15. The van der Waals surface area contributed by atoms with E-state index in [1.807, 2.05) is 13.0 Å². The molecular formula is C23H20F2N4O. The first kappa shape index (κ1) is 19.7. The van der Waals surface area contributed by atoms with E-state index in [1.54, 1.807) is 25.4 Å². The Hall–Kier alpha value is -3.61. The summed E-state index contributed by atoms with van der Waals surface area (Å²) in [5, 5.41) is 3.74. The van der Waals surface area contributed by atoms with E-state index in [9.17, 15) is 8.78 Å². The quantitative estimate of drug-likeness (QED) is 0.645. The second-order valence-electron chi connectivity index (χ2n) is 6.80. The van der Waals surface area contributed by atoms with E-state index in [2.05, 4.69) is 21.9 Å². The zero-order chi connectivity index (χ0) is 21.3. The van der Waals surface area contributed by atoms with Crippen LogP contribution in [0, 0.1) is 11.6 Å². The third-order valence-electron chi connectivity index (χ3n) is 4.69. The highest BCUT2D eigenvalue weighted by Gasteiger charge is 2.18. The van der Waals surface area contributed by atoms with Gasteiger partial charge in [0.1, 0.15) is 28.7 Å². The van der Waals surface area contributed by atoms with E-state index in [1.165, 1.54) is 12.1 Å². The first-order valence-electron chi connectivity index (χ1n) is 9.51. The summed E-state index contributed by atoms with van der Waals surface area (Å²) < 4.78 is 33.6. The average Bonchev–Trinajstić information content (AvgIpc) is 2.73. The van der Waals surface area contributed by atoms with Gasteiger partial charge in [-0.3, -0.25) is 4.99 Å². The van der Waals surface area contributed by atoms with Crippen LogP contribution in [0.25, 0.3) is 27.6 Å². The van der Waals surface area contributed by atoms with E-state index >= 15 is 0 Å². The smallest absolute Gasteiger partial charge is 0.163 e. The Kier molecular flexibility index (Phi) is 5.27. The molecule has 0 saturated heterocycles. The molecule has 30 heavy (non-hydrogen) atoms. The van der Waals surface area contributed by atoms with Crippen molar-refractivity contribution in [2.75, 3.05) is 25.5 Å². The molecule has 0 amide bonds. The molecule has 152 valence electrons. The van der Waals surface area contributed by atoms with Gasteiger partial charge in [-0.25, -0.2) is 18.7 Å². The van der Waals surface area contributed by atoms with Crippen molar-refractivity contribution >= 4 is 28.5 Å². The maximum atomic E-state index is 14.4. The van der Waals surface area contributed by atoms with Gasteiger partial charge in [-0.2, -0.15) is 0 Å². The van der Waals surface area contributed by atoms with E-state index < -0.39 is 11.6 Å². The van der Waals surface area contributed by atoms with Gasteiger partial charge < -0.3 is 10.1 Å². The van der Waals surface area contributed by atoms with Crippen LogP contribution in [0.1, 0.15) is 12.7 Å². The molecule has 5 nitrogen and oxygen atoms in total. The number of fused-ring (bicyclic) bond motifs is 1. The highest BCUT2D eigenvalue weighted by molar-refractivity contribution is 6.11. The molecule has 1 aromatic heterocycles. The summed E-state index contributed by atoms with van der Waals surface area (Å²) in [7, 11) is 1.75. The molecule has 1 N–H and O–H groups in total. The van der Waals surface area contributed by atoms with Crippen molar-refractivity contribution in [1.82, 2.24) is 9.97 Å². The molecule has 2 heterocycles. The lowest BCUT2D eigenvalue weighted by molar-refractivity contribution is 0.343. The Bertz CT molecular complexity index is 1220. The Labute approximate surface area is 172 Å². The van der Waals surface area contributed by atoms with E-state index in [4.69, 9.17) is 9.72 Å². The third-order valence-corrected chi connectivity index (χ3v) is 4.69. The number of hydrogen-bond acceptors (Lipinski definition) is 5. The molecule has 0 spiro atoms. The summed E-state index contributed by atoms with van der Waals surface area (Å²) in [6.45, 7) is 6.76. The second-order valence-corrected chi connectivity index (χ2v) is 6.80. The first-order valence-corrected chi connectivity index (χ1v) is 9.51. The standard InChI is InChI=1S/C23H20F2N4O/c1-4-30-20-9-14(17-6-5-16(24)10-19(17)25)8-18-21(20)28-22(29-23(18)26-3)15-7-13(2)11-27-12-15/h5-10,12H,2,4,11H2,1,3H3,(H,26,28,29). The van der Waals surface area contributed by atoms with Crippen LogP contribution in [-0.4, -0.2) is 36.4 Å². The summed E-state index contributed by atoms with van der Waals surface area (Å²) in [6, 6.07) is 6.97.